The van der Waals surface area contributed by atoms with Gasteiger partial charge < -0.3 is 94.2 Å². The van der Waals surface area contributed by atoms with Crippen molar-refractivity contribution in [3.05, 3.63) is 167 Å². The van der Waals surface area contributed by atoms with Gasteiger partial charge in [0, 0.05) is 73.8 Å². The monoisotopic (exact) mass is 1820 g/mol. The lowest BCUT2D eigenvalue weighted by atomic mass is 9.98. The van der Waals surface area contributed by atoms with E-state index in [1.807, 2.05) is 97.0 Å². The normalized spacial score (nSPS) is 18.7. The summed E-state index contributed by atoms with van der Waals surface area (Å²) < 4.78 is 100. The highest BCUT2D eigenvalue weighted by Gasteiger charge is 2.49. The van der Waals surface area contributed by atoms with Gasteiger partial charge in [-0.3, -0.25) is 19.3 Å². The van der Waals surface area contributed by atoms with Crippen LogP contribution in [0.5, 0.6) is 0 Å². The molecule has 4 aliphatic heterocycles. The maximum Gasteiger partial charge on any atom is 0.410 e. The number of carboxylic acids is 1. The number of alkyl halides is 4. The lowest BCUT2D eigenvalue weighted by molar-refractivity contribution is -0.142. The number of hydrogen-bond acceptors (Lipinski definition) is 20. The number of carbonyl (C=O) groups excluding carboxylic acids is 8. The Morgan fingerprint density at radius 2 is 0.712 bits per heavy atom. The quantitative estimate of drug-likeness (QED) is 0.0225. The van der Waals surface area contributed by atoms with Gasteiger partial charge in [-0.15, -0.1) is 0 Å². The van der Waals surface area contributed by atoms with Gasteiger partial charge in [0.05, 0.1) is 111 Å². The van der Waals surface area contributed by atoms with Crippen LogP contribution in [0.25, 0.3) is 89.1 Å². The number of likely N-dealkylation sites (tertiary alicyclic amines) is 4. The Kier molecular flexibility index (Phi) is 27.9. The minimum absolute atomic E-state index is 0.0674. The summed E-state index contributed by atoms with van der Waals surface area (Å²) >= 11 is 0. The van der Waals surface area contributed by atoms with Crippen molar-refractivity contribution in [3.8, 4) is 67.0 Å². The summed E-state index contributed by atoms with van der Waals surface area (Å²) in [5, 5.41) is 18.7. The van der Waals surface area contributed by atoms with Crippen molar-refractivity contribution in [2.75, 3.05) is 68.8 Å². The van der Waals surface area contributed by atoms with E-state index in [-0.39, 0.29) is 82.1 Å². The Balaban J connectivity index is 0.000000188. The van der Waals surface area contributed by atoms with E-state index in [9.17, 15) is 43.2 Å². The molecule has 37 heteroatoms. The molecule has 10 atom stereocenters. The summed E-state index contributed by atoms with van der Waals surface area (Å²) in [7, 11) is 7.72. The van der Waals surface area contributed by atoms with Gasteiger partial charge in [0.15, 0.2) is 6.04 Å². The average Bonchev–Trinajstić information content (AvgIpc) is 1.57. The van der Waals surface area contributed by atoms with E-state index < -0.39 is 84.2 Å². The van der Waals surface area contributed by atoms with Crippen LogP contribution < -0.4 is 21.3 Å². The van der Waals surface area contributed by atoms with Crippen molar-refractivity contribution in [3.63, 3.8) is 0 Å². The van der Waals surface area contributed by atoms with Crippen molar-refractivity contribution in [2.45, 2.75) is 192 Å². The predicted molar refractivity (Wildman–Crippen MR) is 479 cm³/mol. The Hall–Kier alpha value is -13.5. The number of halogens is 4. The van der Waals surface area contributed by atoms with E-state index in [1.54, 1.807) is 81.4 Å². The molecule has 0 radical (unpaired) electrons. The lowest BCUT2D eigenvalue weighted by Gasteiger charge is -2.30. The van der Waals surface area contributed by atoms with Crippen LogP contribution in [0.3, 0.4) is 0 Å². The molecule has 0 unspecified atom stereocenters. The minimum Gasteiger partial charge on any atom is -0.480 e. The summed E-state index contributed by atoms with van der Waals surface area (Å²) in [4.78, 5) is 150. The van der Waals surface area contributed by atoms with Crippen molar-refractivity contribution in [1.82, 2.24) is 80.7 Å². The zero-order valence-corrected chi connectivity index (χ0v) is 76.0. The van der Waals surface area contributed by atoms with Crippen molar-refractivity contribution >= 4 is 76.2 Å². The van der Waals surface area contributed by atoms with Crippen molar-refractivity contribution in [2.24, 2.45) is 11.8 Å². The molecule has 4 saturated heterocycles. The van der Waals surface area contributed by atoms with E-state index in [0.29, 0.717) is 141 Å². The van der Waals surface area contributed by atoms with Gasteiger partial charge in [0.25, 0.3) is 11.8 Å². The summed E-state index contributed by atoms with van der Waals surface area (Å²) in [5.41, 5.74) is 8.59. The first-order valence-electron chi connectivity index (χ1n) is 43.9. The average molecular weight is 1820 g/mol. The number of H-pyrrole nitrogens is 4. The van der Waals surface area contributed by atoms with Crippen LogP contribution in [0.4, 0.5) is 41.5 Å². The number of aromatic nitrogens is 8. The third-order valence-electron chi connectivity index (χ3n) is 25.2. The molecule has 4 aromatic heterocycles. The molecule has 8 amide bonds. The summed E-state index contributed by atoms with van der Waals surface area (Å²) in [6, 6.07) is 26.6. The molecule has 9 N–H and O–H groups in total. The topological polar surface area (TPSA) is 414 Å². The predicted octanol–water partition coefficient (Wildman–Crippen LogP) is 15.9. The second-order valence-electron chi connectivity index (χ2n) is 35.3. The first kappa shape index (κ1) is 94.7. The molecule has 6 aliphatic rings. The smallest absolute Gasteiger partial charge is 0.410 e. The van der Waals surface area contributed by atoms with E-state index in [0.717, 1.165) is 55.8 Å². The molecular weight excluding hydrogens is 1710 g/mol. The number of ether oxygens (including phenoxy) is 7. The number of aliphatic carboxylic acids is 1. The summed E-state index contributed by atoms with van der Waals surface area (Å²) in [6.07, 6.45) is 4.53. The zero-order chi connectivity index (χ0) is 94.9. The first-order valence-corrected chi connectivity index (χ1v) is 43.9. The maximum absolute atomic E-state index is 16.5. The number of aromatic amines is 4. The largest absolute Gasteiger partial charge is 0.480 e. The van der Waals surface area contributed by atoms with Gasteiger partial charge in [-0.1, -0.05) is 88.4 Å². The highest BCUT2D eigenvalue weighted by molar-refractivity contribution is 5.92. The number of benzene rings is 6. The van der Waals surface area contributed by atoms with Crippen LogP contribution in [0.15, 0.2) is 122 Å². The molecule has 700 valence electrons. The Labute approximate surface area is 758 Å². The molecular formula is C95H110F4N16O17. The lowest BCUT2D eigenvalue weighted by Crippen LogP contribution is -2.54. The van der Waals surface area contributed by atoms with Crippen LogP contribution in [0.1, 0.15) is 183 Å². The van der Waals surface area contributed by atoms with Crippen molar-refractivity contribution in [1.29, 1.82) is 0 Å². The molecule has 132 heavy (non-hydrogen) atoms. The van der Waals surface area contributed by atoms with Gasteiger partial charge in [0.1, 0.15) is 47.0 Å². The molecule has 16 rings (SSSR count). The van der Waals surface area contributed by atoms with E-state index >= 15 is 17.6 Å². The highest BCUT2D eigenvalue weighted by atomic mass is 19.3. The molecule has 6 aromatic carbocycles. The SMILES string of the molecule is COC(=O)N[C@H](C(=O)N1CCC[C@H]1c1ncc(-c2ccc3c(c2)C(F)(F)c2cc(-c4ccc5nc([C@@H]6CCCN6C(=O)OC(C)(C)C)[nH]c5c4)ccc2-3)[nH]1)C(C)C.COC(=O)N[C@H](C(=O)N1CCC[C@H]1c1ncc(-c2ccc3c(c2)C(F)(F)c2cc(-c4ccc5nc([C@@H]6CCCN6C(=O)[C@@H](NC(=O)OC)[C@@H](C)OC)[nH]c5c4)ccc2-3)[nH]1)C(C)C.COC(=O)N[C@H](C(=O)O)[C@@H](C)OC. The fourth-order valence-corrected chi connectivity index (χ4v) is 18.1. The number of fused-ring (bicyclic) bond motifs is 8. The Bertz CT molecular complexity index is 6020. The number of methoxy groups -OCH3 is 6. The van der Waals surface area contributed by atoms with Gasteiger partial charge >= 0.3 is 36.4 Å². The third kappa shape index (κ3) is 19.4. The number of amides is 8. The Morgan fingerprint density at radius 1 is 0.409 bits per heavy atom. The number of carboxylic acid groups (broad SMARTS) is 1. The van der Waals surface area contributed by atoms with Gasteiger partial charge in [-0.2, -0.15) is 17.6 Å². The number of hydrogen-bond donors (Lipinski definition) is 9. The second kappa shape index (κ2) is 38.9. The highest BCUT2D eigenvalue weighted by Crippen LogP contribution is 2.55. The van der Waals surface area contributed by atoms with Gasteiger partial charge in [-0.25, -0.2) is 48.7 Å². The summed E-state index contributed by atoms with van der Waals surface area (Å²) in [5.74, 6) is -6.50. The van der Waals surface area contributed by atoms with Crippen molar-refractivity contribution < 1.29 is 99.0 Å². The fraction of sp³-hybridized carbons (Fsp3) is 0.442. The molecule has 0 spiro atoms. The minimum atomic E-state index is -3.29. The number of alkyl carbamates (subject to hydrolysis) is 4. The fourth-order valence-electron chi connectivity index (χ4n) is 18.1. The number of imidazole rings is 4. The second-order valence-corrected chi connectivity index (χ2v) is 35.3. The number of rotatable bonds is 22. The molecule has 0 bridgehead atoms. The number of nitrogens with one attached hydrogen (secondary N) is 8. The van der Waals surface area contributed by atoms with E-state index in [4.69, 9.17) is 43.5 Å². The Morgan fingerprint density at radius 3 is 1.06 bits per heavy atom. The molecule has 8 heterocycles. The van der Waals surface area contributed by atoms with E-state index in [1.165, 1.54) is 60.7 Å². The van der Waals surface area contributed by atoms with Crippen LogP contribution in [-0.4, -0.2) is 230 Å². The van der Waals surface area contributed by atoms with Crippen LogP contribution in [-0.2, 0) is 64.2 Å². The third-order valence-corrected chi connectivity index (χ3v) is 25.2. The van der Waals surface area contributed by atoms with Gasteiger partial charge in [-0.05, 0) is 191 Å². The number of carbonyl (C=O) groups is 9. The van der Waals surface area contributed by atoms with Crippen LogP contribution >= 0.6 is 0 Å². The standard InChI is InChI=1S/C45H50F2N8O7.C43H47F2N7O5.C7H13NO5/c1-23(2)37(52-43(58)61-5)41(56)54-17-7-9-35(54)39-48-22-34(51-39)27-12-15-29-28-14-11-25(19-30(28)45(46,47)31(29)20-27)26-13-16-32-33(21-26)50-40(49-32)36-10-8-18-55(36)42(57)38(24(3)60-4)53-44(59)62-6;1-23(2)36(50-40(54)56-6)39(53)51-17-7-9-34(51)37-46-22-33(49-37)26-12-15-28-27-14-11-24(19-29(27)43(44,45)30(28)20-26)25-13-16-31-32(21-25)48-38(47-31)35-10-8-18-52(35)41(55)57-42(3,4)5;1-4(12-2)5(6(9)10)8-7(11)13-3/h11-16,19-24,35-38H,7-10,17-18H2,1-6H3,(H,48,51)(H,49,50)(H,52,58)(H,53,59);11-16,19-23,34-36H,7-10,17-18H2,1-6H3,(H,46,49)(H,47,48)(H,50,54);4-5H,1-3H3,(H,8,11)(H,9,10)/t24-,35+,36+,37+,38+;34-,35-,36-;4-,5+/m101/s1. The molecule has 33 nitrogen and oxygen atoms in total. The molecule has 10 aromatic rings. The van der Waals surface area contributed by atoms with Gasteiger partial charge in [0.2, 0.25) is 17.7 Å². The first-order chi connectivity index (χ1) is 62.9. The summed E-state index contributed by atoms with van der Waals surface area (Å²) in [6.45, 7) is 18.2. The maximum atomic E-state index is 16.5. The number of nitrogens with zero attached hydrogens (tertiary/aromatic N) is 8. The van der Waals surface area contributed by atoms with Crippen LogP contribution in [0, 0.1) is 11.8 Å². The molecule has 4 fully saturated rings. The van der Waals surface area contributed by atoms with Crippen LogP contribution in [0.2, 0.25) is 0 Å². The molecule has 0 saturated carbocycles. The molecule has 2 aliphatic carbocycles. The van der Waals surface area contributed by atoms with E-state index in [2.05, 4.69) is 55.9 Å². The zero-order valence-electron chi connectivity index (χ0n) is 76.0.